The van der Waals surface area contributed by atoms with E-state index in [0.717, 1.165) is 40.0 Å². The van der Waals surface area contributed by atoms with Crippen LogP contribution in [0.15, 0.2) is 28.9 Å². The zero-order valence-corrected chi connectivity index (χ0v) is 15.1. The lowest BCUT2D eigenvalue weighted by Gasteiger charge is -2.12. The second-order valence-corrected chi connectivity index (χ2v) is 7.66. The molecule has 3 heterocycles. The van der Waals surface area contributed by atoms with Crippen LogP contribution in [0.5, 0.6) is 0 Å². The molecule has 4 nitrogen and oxygen atoms in total. The Balaban J connectivity index is 1.89. The van der Waals surface area contributed by atoms with Crippen LogP contribution in [0.1, 0.15) is 36.0 Å². The molecule has 3 aromatic heterocycles. The van der Waals surface area contributed by atoms with Gasteiger partial charge < -0.3 is 5.73 Å². The third kappa shape index (κ3) is 3.87. The van der Waals surface area contributed by atoms with Gasteiger partial charge in [0, 0.05) is 12.3 Å². The van der Waals surface area contributed by atoms with Crippen LogP contribution in [0.4, 0.5) is 19.0 Å². The molecule has 0 aromatic carbocycles. The van der Waals surface area contributed by atoms with E-state index in [4.69, 9.17) is 5.73 Å². The quantitative estimate of drug-likeness (QED) is 0.501. The highest BCUT2D eigenvalue weighted by Crippen LogP contribution is 2.36. The van der Waals surface area contributed by atoms with Gasteiger partial charge in [0.05, 0.1) is 15.6 Å². The zero-order chi connectivity index (χ0) is 18.2. The molecule has 132 valence electrons. The van der Waals surface area contributed by atoms with Gasteiger partial charge in [-0.1, -0.05) is 18.7 Å². The van der Waals surface area contributed by atoms with Crippen LogP contribution in [-0.2, 0) is 12.6 Å². The standard InChI is InChI=1S/C16H15F3N4S2/c1-3-9-7-24-12-6-21-11(4-10(9)12)8(2)25-15-22-13(16(17,18)19)5-14(20)23-15/h4-8H,3H2,1-2H3,(H2,20,22,23). The van der Waals surface area contributed by atoms with Crippen molar-refractivity contribution in [3.05, 3.63) is 40.7 Å². The van der Waals surface area contributed by atoms with Gasteiger partial charge in [0.15, 0.2) is 10.9 Å². The van der Waals surface area contributed by atoms with Crippen molar-refractivity contribution in [2.75, 3.05) is 5.73 Å². The van der Waals surface area contributed by atoms with Gasteiger partial charge in [-0.2, -0.15) is 13.2 Å². The van der Waals surface area contributed by atoms with Gasteiger partial charge in [-0.25, -0.2) is 9.97 Å². The van der Waals surface area contributed by atoms with Crippen molar-refractivity contribution >= 4 is 39.0 Å². The van der Waals surface area contributed by atoms with Gasteiger partial charge >= 0.3 is 6.18 Å². The molecular formula is C16H15F3N4S2. The number of thioether (sulfide) groups is 1. The van der Waals surface area contributed by atoms with Gasteiger partial charge in [-0.3, -0.25) is 4.98 Å². The molecule has 25 heavy (non-hydrogen) atoms. The molecule has 1 atom stereocenters. The maximum absolute atomic E-state index is 12.9. The summed E-state index contributed by atoms with van der Waals surface area (Å²) in [5.41, 5.74) is 6.46. The number of aryl methyl sites for hydroxylation is 1. The van der Waals surface area contributed by atoms with Gasteiger partial charge in [0.25, 0.3) is 0 Å². The van der Waals surface area contributed by atoms with Crippen LogP contribution in [-0.4, -0.2) is 15.0 Å². The first kappa shape index (κ1) is 17.9. The van der Waals surface area contributed by atoms with E-state index in [9.17, 15) is 13.2 Å². The largest absolute Gasteiger partial charge is 0.433 e. The summed E-state index contributed by atoms with van der Waals surface area (Å²) < 4.78 is 39.7. The number of fused-ring (bicyclic) bond motifs is 1. The lowest BCUT2D eigenvalue weighted by Crippen LogP contribution is -2.11. The van der Waals surface area contributed by atoms with E-state index in [1.807, 2.05) is 13.0 Å². The molecule has 9 heteroatoms. The van der Waals surface area contributed by atoms with E-state index in [1.54, 1.807) is 17.5 Å². The number of pyridine rings is 1. The Labute approximate surface area is 150 Å². The molecule has 1 unspecified atom stereocenters. The summed E-state index contributed by atoms with van der Waals surface area (Å²) in [6.07, 6.45) is -1.84. The van der Waals surface area contributed by atoms with Crippen molar-refractivity contribution in [1.29, 1.82) is 0 Å². The van der Waals surface area contributed by atoms with Crippen molar-refractivity contribution in [1.82, 2.24) is 15.0 Å². The van der Waals surface area contributed by atoms with Crippen LogP contribution in [0.3, 0.4) is 0 Å². The third-order valence-corrected chi connectivity index (χ3v) is 5.63. The van der Waals surface area contributed by atoms with Crippen molar-refractivity contribution < 1.29 is 13.2 Å². The Morgan fingerprint density at radius 3 is 2.72 bits per heavy atom. The molecule has 0 aliphatic rings. The van der Waals surface area contributed by atoms with Crippen molar-refractivity contribution in [3.8, 4) is 0 Å². The molecule has 0 fully saturated rings. The summed E-state index contributed by atoms with van der Waals surface area (Å²) in [6, 6.07) is 2.72. The van der Waals surface area contributed by atoms with Crippen LogP contribution in [0.2, 0.25) is 0 Å². The molecule has 0 saturated carbocycles. The SMILES string of the molecule is CCc1csc2cnc(C(C)Sc3nc(N)cc(C(F)(F)F)n3)cc12. The molecule has 0 saturated heterocycles. The lowest BCUT2D eigenvalue weighted by atomic mass is 10.1. The predicted molar refractivity (Wildman–Crippen MR) is 94.7 cm³/mol. The van der Waals surface area contributed by atoms with E-state index in [-0.39, 0.29) is 16.2 Å². The summed E-state index contributed by atoms with van der Waals surface area (Å²) in [5.74, 6) is -0.202. The number of nitrogens with two attached hydrogens (primary N) is 1. The number of thiophene rings is 1. The predicted octanol–water partition coefficient (Wildman–Crippen LogP) is 5.10. The van der Waals surface area contributed by atoms with Crippen molar-refractivity contribution in [3.63, 3.8) is 0 Å². The number of hydrogen-bond acceptors (Lipinski definition) is 6. The van der Waals surface area contributed by atoms with Crippen LogP contribution in [0, 0.1) is 0 Å². The van der Waals surface area contributed by atoms with E-state index in [0.29, 0.717) is 0 Å². The second-order valence-electron chi connectivity index (χ2n) is 5.44. The van der Waals surface area contributed by atoms with Crippen molar-refractivity contribution in [2.45, 2.75) is 36.9 Å². The summed E-state index contributed by atoms with van der Waals surface area (Å²) >= 11 is 2.74. The zero-order valence-electron chi connectivity index (χ0n) is 13.5. The van der Waals surface area contributed by atoms with Crippen LogP contribution < -0.4 is 5.73 Å². The minimum absolute atomic E-state index is 0.0113. The second kappa shape index (κ2) is 6.80. The fraction of sp³-hybridized carbons (Fsp3) is 0.312. The molecule has 3 aromatic rings. The molecule has 0 amide bonds. The molecule has 0 radical (unpaired) electrons. The summed E-state index contributed by atoms with van der Waals surface area (Å²) in [7, 11) is 0. The normalized spacial score (nSPS) is 13.3. The van der Waals surface area contributed by atoms with Gasteiger partial charge in [-0.15, -0.1) is 11.3 Å². The molecular weight excluding hydrogens is 369 g/mol. The fourth-order valence-electron chi connectivity index (χ4n) is 2.36. The molecule has 2 N–H and O–H groups in total. The Kier molecular flexibility index (Phi) is 4.88. The minimum Gasteiger partial charge on any atom is -0.384 e. The van der Waals surface area contributed by atoms with Gasteiger partial charge in [0.1, 0.15) is 5.82 Å². The number of aromatic nitrogens is 3. The lowest BCUT2D eigenvalue weighted by molar-refractivity contribution is -0.141. The van der Waals surface area contributed by atoms with E-state index in [2.05, 4.69) is 27.3 Å². The van der Waals surface area contributed by atoms with Gasteiger partial charge in [0.2, 0.25) is 0 Å². The fourth-order valence-corrected chi connectivity index (χ4v) is 4.23. The molecule has 0 spiro atoms. The maximum Gasteiger partial charge on any atom is 0.433 e. The number of nitrogen functional groups attached to an aromatic ring is 1. The number of halogens is 3. The Bertz CT molecular complexity index is 908. The Morgan fingerprint density at radius 2 is 2.04 bits per heavy atom. The van der Waals surface area contributed by atoms with E-state index in [1.165, 1.54) is 5.56 Å². The smallest absolute Gasteiger partial charge is 0.384 e. The maximum atomic E-state index is 12.9. The summed E-state index contributed by atoms with van der Waals surface area (Å²) in [4.78, 5) is 11.9. The van der Waals surface area contributed by atoms with Gasteiger partial charge in [-0.05, 0) is 35.7 Å². The molecule has 3 rings (SSSR count). The third-order valence-electron chi connectivity index (χ3n) is 3.66. The monoisotopic (exact) mass is 384 g/mol. The minimum atomic E-state index is -4.56. The number of hydrogen-bond donors (Lipinski definition) is 1. The number of nitrogens with zero attached hydrogens (tertiary/aromatic N) is 3. The Morgan fingerprint density at radius 1 is 1.28 bits per heavy atom. The van der Waals surface area contributed by atoms with Crippen molar-refractivity contribution in [2.24, 2.45) is 0 Å². The first-order valence-electron chi connectivity index (χ1n) is 7.52. The summed E-state index contributed by atoms with van der Waals surface area (Å²) in [5, 5.41) is 3.01. The summed E-state index contributed by atoms with van der Waals surface area (Å²) in [6.45, 7) is 3.94. The first-order valence-corrected chi connectivity index (χ1v) is 9.28. The van der Waals surface area contributed by atoms with Crippen LogP contribution >= 0.6 is 23.1 Å². The highest BCUT2D eigenvalue weighted by Gasteiger charge is 2.33. The molecule has 0 aliphatic heterocycles. The molecule has 0 bridgehead atoms. The number of anilines is 1. The first-order chi connectivity index (χ1) is 11.8. The average Bonchev–Trinajstić information content (AvgIpc) is 2.95. The molecule has 0 aliphatic carbocycles. The number of rotatable bonds is 4. The van der Waals surface area contributed by atoms with Crippen LogP contribution in [0.25, 0.3) is 10.1 Å². The highest BCUT2D eigenvalue weighted by atomic mass is 32.2. The average molecular weight is 384 g/mol. The topological polar surface area (TPSA) is 64.7 Å². The number of alkyl halides is 3. The van der Waals surface area contributed by atoms with E-state index >= 15 is 0 Å². The Hall–Kier alpha value is -1.87. The highest BCUT2D eigenvalue weighted by molar-refractivity contribution is 7.99. The van der Waals surface area contributed by atoms with E-state index < -0.39 is 11.9 Å².